The van der Waals surface area contributed by atoms with Gasteiger partial charge < -0.3 is 14.9 Å². The number of aliphatic hydroxyl groups excluding tert-OH is 2. The van der Waals surface area contributed by atoms with E-state index in [4.69, 9.17) is 0 Å². The van der Waals surface area contributed by atoms with Crippen LogP contribution in [-0.4, -0.2) is 29.4 Å². The van der Waals surface area contributed by atoms with Crippen molar-refractivity contribution in [3.63, 3.8) is 0 Å². The topological polar surface area (TPSA) is 66.8 Å². The fourth-order valence-corrected chi connectivity index (χ4v) is 1.44. The molecule has 0 bridgehead atoms. The van der Waals surface area contributed by atoms with Crippen LogP contribution in [0.15, 0.2) is 24.3 Å². The molecule has 0 aliphatic heterocycles. The molecule has 17 heavy (non-hydrogen) atoms. The Morgan fingerprint density at radius 1 is 1.35 bits per heavy atom. The molecule has 0 aromatic heterocycles. The van der Waals surface area contributed by atoms with Gasteiger partial charge in [-0.2, -0.15) is 0 Å². The van der Waals surface area contributed by atoms with Crippen LogP contribution in [0.25, 0.3) is 0 Å². The van der Waals surface area contributed by atoms with Crippen LogP contribution in [0.3, 0.4) is 0 Å². The van der Waals surface area contributed by atoms with Gasteiger partial charge in [0.2, 0.25) is 0 Å². The SMILES string of the molecule is COC(=O)CC(O)CC(O)c1ccc(F)cc1. The smallest absolute Gasteiger partial charge is 0.308 e. The van der Waals surface area contributed by atoms with Gasteiger partial charge in [-0.15, -0.1) is 0 Å². The van der Waals surface area contributed by atoms with Crippen LogP contribution in [0.4, 0.5) is 4.39 Å². The molecule has 1 aromatic rings. The van der Waals surface area contributed by atoms with E-state index in [1.54, 1.807) is 0 Å². The van der Waals surface area contributed by atoms with E-state index in [1.807, 2.05) is 0 Å². The number of aliphatic hydroxyl groups is 2. The van der Waals surface area contributed by atoms with Crippen molar-refractivity contribution < 1.29 is 24.1 Å². The zero-order chi connectivity index (χ0) is 12.8. The third-order valence-electron chi connectivity index (χ3n) is 2.38. The molecular formula is C12H15FO4. The van der Waals surface area contributed by atoms with Crippen LogP contribution >= 0.6 is 0 Å². The third kappa shape index (κ3) is 4.50. The number of hydrogen-bond acceptors (Lipinski definition) is 4. The Kier molecular flexibility index (Phi) is 5.06. The minimum Gasteiger partial charge on any atom is -0.469 e. The zero-order valence-electron chi connectivity index (χ0n) is 9.47. The second-order valence-electron chi connectivity index (χ2n) is 3.74. The normalized spacial score (nSPS) is 14.1. The molecule has 0 aliphatic carbocycles. The van der Waals surface area contributed by atoms with E-state index in [2.05, 4.69) is 4.74 Å². The van der Waals surface area contributed by atoms with Crippen LogP contribution in [-0.2, 0) is 9.53 Å². The van der Waals surface area contributed by atoms with Gasteiger partial charge in [0.1, 0.15) is 5.82 Å². The molecule has 94 valence electrons. The Bertz CT molecular complexity index is 363. The molecule has 4 nitrogen and oxygen atoms in total. The third-order valence-corrected chi connectivity index (χ3v) is 2.38. The Labute approximate surface area is 98.7 Å². The van der Waals surface area contributed by atoms with Gasteiger partial charge in [-0.25, -0.2) is 4.39 Å². The highest BCUT2D eigenvalue weighted by Crippen LogP contribution is 2.19. The lowest BCUT2D eigenvalue weighted by molar-refractivity contribution is -0.143. The van der Waals surface area contributed by atoms with E-state index in [1.165, 1.54) is 31.4 Å². The van der Waals surface area contributed by atoms with Gasteiger partial charge in [0.05, 0.1) is 25.7 Å². The van der Waals surface area contributed by atoms with Crippen LogP contribution in [0.1, 0.15) is 24.5 Å². The number of methoxy groups -OCH3 is 1. The number of rotatable bonds is 5. The van der Waals surface area contributed by atoms with Gasteiger partial charge in [-0.1, -0.05) is 12.1 Å². The van der Waals surface area contributed by atoms with Crippen LogP contribution in [0.2, 0.25) is 0 Å². The first kappa shape index (κ1) is 13.6. The van der Waals surface area contributed by atoms with Crippen LogP contribution in [0, 0.1) is 5.82 Å². The standard InChI is InChI=1S/C12H15FO4/c1-17-12(16)7-10(14)6-11(15)8-2-4-9(13)5-3-8/h2-5,10-11,14-15H,6-7H2,1H3. The number of ether oxygens (including phenoxy) is 1. The number of benzene rings is 1. The van der Waals surface area contributed by atoms with Gasteiger partial charge in [0, 0.05) is 6.42 Å². The zero-order valence-corrected chi connectivity index (χ0v) is 9.47. The van der Waals surface area contributed by atoms with Gasteiger partial charge in [-0.05, 0) is 17.7 Å². The largest absolute Gasteiger partial charge is 0.469 e. The minimum absolute atomic E-state index is 0.000727. The Morgan fingerprint density at radius 3 is 2.47 bits per heavy atom. The highest BCUT2D eigenvalue weighted by molar-refractivity contribution is 5.69. The van der Waals surface area contributed by atoms with E-state index in [-0.39, 0.29) is 12.8 Å². The average Bonchev–Trinajstić information content (AvgIpc) is 2.29. The fraction of sp³-hybridized carbons (Fsp3) is 0.417. The molecular weight excluding hydrogens is 227 g/mol. The summed E-state index contributed by atoms with van der Waals surface area (Å²) in [6.45, 7) is 0. The second-order valence-corrected chi connectivity index (χ2v) is 3.74. The molecule has 2 atom stereocenters. The van der Waals surface area contributed by atoms with Crippen LogP contribution < -0.4 is 0 Å². The summed E-state index contributed by atoms with van der Waals surface area (Å²) < 4.78 is 17.0. The van der Waals surface area contributed by atoms with E-state index < -0.39 is 24.0 Å². The summed E-state index contributed by atoms with van der Waals surface area (Å²) in [6.07, 6.45) is -2.09. The van der Waals surface area contributed by atoms with E-state index in [0.29, 0.717) is 5.56 Å². The Hall–Kier alpha value is -1.46. The fourth-order valence-electron chi connectivity index (χ4n) is 1.44. The quantitative estimate of drug-likeness (QED) is 0.761. The molecule has 0 saturated heterocycles. The molecule has 0 saturated carbocycles. The highest BCUT2D eigenvalue weighted by Gasteiger charge is 2.17. The average molecular weight is 242 g/mol. The maximum absolute atomic E-state index is 12.6. The van der Waals surface area contributed by atoms with E-state index in [0.717, 1.165) is 0 Å². The maximum Gasteiger partial charge on any atom is 0.308 e. The maximum atomic E-state index is 12.6. The van der Waals surface area contributed by atoms with E-state index >= 15 is 0 Å². The lowest BCUT2D eigenvalue weighted by Gasteiger charge is -2.15. The molecule has 5 heteroatoms. The number of esters is 1. The number of halogens is 1. The van der Waals surface area contributed by atoms with Crippen molar-refractivity contribution in [2.45, 2.75) is 25.0 Å². The molecule has 0 amide bonds. The van der Waals surface area contributed by atoms with Gasteiger partial charge in [0.15, 0.2) is 0 Å². The summed E-state index contributed by atoms with van der Waals surface area (Å²) in [6, 6.07) is 5.33. The molecule has 0 aliphatic rings. The number of carbonyl (C=O) groups excluding carboxylic acids is 1. The predicted molar refractivity (Wildman–Crippen MR) is 58.6 cm³/mol. The predicted octanol–water partition coefficient (Wildman–Crippen LogP) is 1.17. The monoisotopic (exact) mass is 242 g/mol. The Morgan fingerprint density at radius 2 is 1.94 bits per heavy atom. The first-order chi connectivity index (χ1) is 8.02. The van der Waals surface area contributed by atoms with Crippen molar-refractivity contribution in [3.8, 4) is 0 Å². The van der Waals surface area contributed by atoms with Crippen molar-refractivity contribution in [2.24, 2.45) is 0 Å². The van der Waals surface area contributed by atoms with Crippen LogP contribution in [0.5, 0.6) is 0 Å². The molecule has 1 rings (SSSR count). The van der Waals surface area contributed by atoms with E-state index in [9.17, 15) is 19.4 Å². The molecule has 0 heterocycles. The number of carbonyl (C=O) groups is 1. The number of hydrogen-bond donors (Lipinski definition) is 2. The lowest BCUT2D eigenvalue weighted by atomic mass is 10.0. The summed E-state index contributed by atoms with van der Waals surface area (Å²) in [5.74, 6) is -0.931. The summed E-state index contributed by atoms with van der Waals surface area (Å²) >= 11 is 0. The molecule has 2 N–H and O–H groups in total. The van der Waals surface area contributed by atoms with Crippen molar-refractivity contribution >= 4 is 5.97 Å². The Balaban J connectivity index is 2.51. The minimum atomic E-state index is -0.984. The summed E-state index contributed by atoms with van der Waals surface area (Å²) in [5.41, 5.74) is 0.496. The molecule has 2 unspecified atom stereocenters. The molecule has 0 fully saturated rings. The van der Waals surface area contributed by atoms with Crippen molar-refractivity contribution in [3.05, 3.63) is 35.6 Å². The van der Waals surface area contributed by atoms with Gasteiger partial charge >= 0.3 is 5.97 Å². The molecule has 1 aromatic carbocycles. The first-order valence-electron chi connectivity index (χ1n) is 5.21. The van der Waals surface area contributed by atoms with Gasteiger partial charge in [-0.3, -0.25) is 4.79 Å². The summed E-state index contributed by atoms with van der Waals surface area (Å²) in [4.78, 5) is 10.9. The lowest BCUT2D eigenvalue weighted by Crippen LogP contribution is -2.17. The first-order valence-corrected chi connectivity index (χ1v) is 5.21. The van der Waals surface area contributed by atoms with Gasteiger partial charge in [0.25, 0.3) is 0 Å². The second kappa shape index (κ2) is 6.32. The molecule has 0 radical (unpaired) electrons. The summed E-state index contributed by atoms with van der Waals surface area (Å²) in [5, 5.41) is 19.2. The van der Waals surface area contributed by atoms with Crippen molar-refractivity contribution in [2.75, 3.05) is 7.11 Å². The summed E-state index contributed by atoms with van der Waals surface area (Å²) in [7, 11) is 1.23. The molecule has 0 spiro atoms. The highest BCUT2D eigenvalue weighted by atomic mass is 19.1. The van der Waals surface area contributed by atoms with Crippen molar-refractivity contribution in [1.29, 1.82) is 0 Å². The van der Waals surface area contributed by atoms with Crippen molar-refractivity contribution in [1.82, 2.24) is 0 Å².